The predicted molar refractivity (Wildman–Crippen MR) is 115 cm³/mol. The first-order valence-corrected chi connectivity index (χ1v) is 10.6. The molecule has 7 heteroatoms. The highest BCUT2D eigenvalue weighted by atomic mass is 16.5. The summed E-state index contributed by atoms with van der Waals surface area (Å²) in [6.45, 7) is 3.74. The van der Waals surface area contributed by atoms with E-state index in [9.17, 15) is 9.59 Å². The van der Waals surface area contributed by atoms with Crippen LogP contribution in [0.4, 0.5) is 0 Å². The third kappa shape index (κ3) is 4.47. The molecule has 2 aliphatic rings. The fourth-order valence-electron chi connectivity index (χ4n) is 4.40. The summed E-state index contributed by atoms with van der Waals surface area (Å²) in [6, 6.07) is 10.3. The molecule has 2 amide bonds. The summed E-state index contributed by atoms with van der Waals surface area (Å²) in [5.41, 5.74) is 1.96. The van der Waals surface area contributed by atoms with Gasteiger partial charge in [-0.15, -0.1) is 0 Å². The first-order chi connectivity index (χ1) is 14.5. The van der Waals surface area contributed by atoms with E-state index in [0.29, 0.717) is 19.6 Å². The van der Waals surface area contributed by atoms with Gasteiger partial charge >= 0.3 is 0 Å². The van der Waals surface area contributed by atoms with Gasteiger partial charge in [-0.3, -0.25) is 19.5 Å². The van der Waals surface area contributed by atoms with Crippen molar-refractivity contribution in [2.45, 2.75) is 31.4 Å². The van der Waals surface area contributed by atoms with Crippen molar-refractivity contribution in [2.75, 3.05) is 46.9 Å². The Hall–Kier alpha value is -2.51. The van der Waals surface area contributed by atoms with Crippen molar-refractivity contribution < 1.29 is 14.3 Å². The van der Waals surface area contributed by atoms with Crippen LogP contribution in [0.25, 0.3) is 10.9 Å². The summed E-state index contributed by atoms with van der Waals surface area (Å²) in [6.07, 6.45) is 3.93. The summed E-state index contributed by atoms with van der Waals surface area (Å²) in [5, 5.41) is 1.20. The number of aromatic nitrogens is 1. The summed E-state index contributed by atoms with van der Waals surface area (Å²) < 4.78 is 6.22. The molecular weight excluding hydrogens is 380 g/mol. The Labute approximate surface area is 177 Å². The number of ether oxygens (including phenoxy) is 1. The average Bonchev–Trinajstić information content (AvgIpc) is 2.89. The van der Waals surface area contributed by atoms with Gasteiger partial charge in [0.05, 0.1) is 37.2 Å². The molecule has 2 saturated heterocycles. The maximum atomic E-state index is 12.5. The highest BCUT2D eigenvalue weighted by molar-refractivity contribution is 5.85. The van der Waals surface area contributed by atoms with Gasteiger partial charge in [-0.2, -0.15) is 0 Å². The number of amides is 2. The molecule has 0 aliphatic carbocycles. The number of likely N-dealkylation sites (tertiary alicyclic amines) is 1. The number of carbonyl (C=O) groups excluding carboxylic acids is 2. The van der Waals surface area contributed by atoms with Crippen LogP contribution in [0.2, 0.25) is 0 Å². The number of para-hydroxylation sites is 1. The number of likely N-dealkylation sites (N-methyl/N-ethyl adjacent to an activating group) is 1. The quantitative estimate of drug-likeness (QED) is 0.770. The lowest BCUT2D eigenvalue weighted by atomic mass is 9.90. The maximum absolute atomic E-state index is 12.5. The third-order valence-corrected chi connectivity index (χ3v) is 6.28. The van der Waals surface area contributed by atoms with Crippen molar-refractivity contribution in [1.29, 1.82) is 0 Å². The van der Waals surface area contributed by atoms with Gasteiger partial charge in [-0.05, 0) is 30.5 Å². The summed E-state index contributed by atoms with van der Waals surface area (Å²) >= 11 is 0. The Kier molecular flexibility index (Phi) is 6.01. The first-order valence-electron chi connectivity index (χ1n) is 10.6. The fourth-order valence-corrected chi connectivity index (χ4v) is 4.40. The highest BCUT2D eigenvalue weighted by Gasteiger charge is 2.40. The van der Waals surface area contributed by atoms with E-state index in [1.54, 1.807) is 19.0 Å². The van der Waals surface area contributed by atoms with Crippen LogP contribution in [-0.4, -0.2) is 84.0 Å². The lowest BCUT2D eigenvalue weighted by molar-refractivity contribution is -0.140. The molecule has 2 aliphatic heterocycles. The third-order valence-electron chi connectivity index (χ3n) is 6.28. The first kappa shape index (κ1) is 20.8. The number of hydrogen-bond donors (Lipinski definition) is 0. The molecule has 2 fully saturated rings. The Morgan fingerprint density at radius 2 is 1.97 bits per heavy atom. The van der Waals surface area contributed by atoms with Crippen LogP contribution in [0.3, 0.4) is 0 Å². The number of hydrogen-bond acceptors (Lipinski definition) is 5. The molecule has 1 aromatic heterocycles. The standard InChI is InChI=1S/C23H30N4O3/c1-25(2)22(29)16-27-17-23(30-14-8-21(27)28)9-12-26(13-10-23)15-18-7-11-24-20-6-4-3-5-19(18)20/h3-7,11H,8-10,12-17H2,1-2H3. The number of fused-ring (bicyclic) bond motifs is 1. The minimum Gasteiger partial charge on any atom is -0.373 e. The smallest absolute Gasteiger partial charge is 0.241 e. The maximum Gasteiger partial charge on any atom is 0.241 e. The predicted octanol–water partition coefficient (Wildman–Crippen LogP) is 1.91. The molecule has 0 atom stereocenters. The molecule has 3 heterocycles. The average molecular weight is 411 g/mol. The van der Waals surface area contributed by atoms with Gasteiger partial charge in [-0.25, -0.2) is 0 Å². The molecule has 0 N–H and O–H groups in total. The van der Waals surface area contributed by atoms with E-state index < -0.39 is 0 Å². The van der Waals surface area contributed by atoms with Crippen LogP contribution in [0.5, 0.6) is 0 Å². The largest absolute Gasteiger partial charge is 0.373 e. The molecule has 7 nitrogen and oxygen atoms in total. The van der Waals surface area contributed by atoms with E-state index in [1.807, 2.05) is 18.3 Å². The van der Waals surface area contributed by atoms with Gasteiger partial charge in [0.25, 0.3) is 0 Å². The van der Waals surface area contributed by atoms with Crippen LogP contribution >= 0.6 is 0 Å². The van der Waals surface area contributed by atoms with Crippen LogP contribution in [0.15, 0.2) is 36.5 Å². The second-order valence-electron chi connectivity index (χ2n) is 8.58. The summed E-state index contributed by atoms with van der Waals surface area (Å²) in [5.74, 6) is -0.0461. The van der Waals surface area contributed by atoms with E-state index in [1.165, 1.54) is 15.8 Å². The van der Waals surface area contributed by atoms with Crippen LogP contribution in [0.1, 0.15) is 24.8 Å². The molecule has 1 aromatic carbocycles. The zero-order chi connectivity index (χ0) is 21.1. The van der Waals surface area contributed by atoms with Crippen LogP contribution in [0, 0.1) is 0 Å². The second-order valence-corrected chi connectivity index (χ2v) is 8.58. The molecule has 0 saturated carbocycles. The van der Waals surface area contributed by atoms with Crippen LogP contribution < -0.4 is 0 Å². The minimum absolute atomic E-state index is 0.00719. The van der Waals surface area contributed by atoms with Crippen molar-refractivity contribution >= 4 is 22.7 Å². The summed E-state index contributed by atoms with van der Waals surface area (Å²) in [7, 11) is 3.44. The number of carbonyl (C=O) groups is 2. The Balaban J connectivity index is 1.42. The lowest BCUT2D eigenvalue weighted by Gasteiger charge is -2.42. The topological polar surface area (TPSA) is 66.0 Å². The number of pyridine rings is 1. The Morgan fingerprint density at radius 1 is 1.20 bits per heavy atom. The number of benzene rings is 1. The number of rotatable bonds is 4. The minimum atomic E-state index is -0.352. The fraction of sp³-hybridized carbons (Fsp3) is 0.522. The van der Waals surface area contributed by atoms with Crippen molar-refractivity contribution in [3.8, 4) is 0 Å². The van der Waals surface area contributed by atoms with Crippen LogP contribution in [-0.2, 0) is 20.9 Å². The van der Waals surface area contributed by atoms with Gasteiger partial charge < -0.3 is 14.5 Å². The normalized spacial score (nSPS) is 19.8. The number of piperidine rings is 1. The molecule has 160 valence electrons. The van der Waals surface area contributed by atoms with E-state index in [-0.39, 0.29) is 24.0 Å². The molecular formula is C23H30N4O3. The molecule has 2 aromatic rings. The van der Waals surface area contributed by atoms with Gasteiger partial charge in [0.15, 0.2) is 0 Å². The van der Waals surface area contributed by atoms with Crippen molar-refractivity contribution in [3.63, 3.8) is 0 Å². The van der Waals surface area contributed by atoms with Gasteiger partial charge in [0, 0.05) is 45.3 Å². The van der Waals surface area contributed by atoms with Gasteiger partial charge in [0.1, 0.15) is 0 Å². The van der Waals surface area contributed by atoms with E-state index in [4.69, 9.17) is 4.74 Å². The Bertz CT molecular complexity index is 916. The number of nitrogens with zero attached hydrogens (tertiary/aromatic N) is 4. The van der Waals surface area contributed by atoms with E-state index in [2.05, 4.69) is 28.1 Å². The zero-order valence-corrected chi connectivity index (χ0v) is 17.8. The molecule has 30 heavy (non-hydrogen) atoms. The Morgan fingerprint density at radius 3 is 2.73 bits per heavy atom. The van der Waals surface area contributed by atoms with E-state index >= 15 is 0 Å². The SMILES string of the molecule is CN(C)C(=O)CN1CC2(CCN(Cc3ccnc4ccccc34)CC2)OCCC1=O. The molecule has 4 rings (SSSR count). The molecule has 0 bridgehead atoms. The monoisotopic (exact) mass is 410 g/mol. The van der Waals surface area contributed by atoms with Crippen molar-refractivity contribution in [2.24, 2.45) is 0 Å². The van der Waals surface area contributed by atoms with E-state index in [0.717, 1.165) is 38.0 Å². The molecule has 0 unspecified atom stereocenters. The zero-order valence-electron chi connectivity index (χ0n) is 17.8. The second kappa shape index (κ2) is 8.70. The summed E-state index contributed by atoms with van der Waals surface area (Å²) in [4.78, 5) is 34.8. The van der Waals surface area contributed by atoms with Gasteiger partial charge in [0.2, 0.25) is 11.8 Å². The molecule has 0 radical (unpaired) electrons. The van der Waals surface area contributed by atoms with Gasteiger partial charge in [-0.1, -0.05) is 18.2 Å². The lowest BCUT2D eigenvalue weighted by Crippen LogP contribution is -2.53. The molecule has 1 spiro atoms. The van der Waals surface area contributed by atoms with Crippen molar-refractivity contribution in [1.82, 2.24) is 19.7 Å². The highest BCUT2D eigenvalue weighted by Crippen LogP contribution is 2.31. The van der Waals surface area contributed by atoms with Crippen molar-refractivity contribution in [3.05, 3.63) is 42.1 Å².